The van der Waals surface area contributed by atoms with Crippen molar-refractivity contribution in [2.45, 2.75) is 51.6 Å². The molecule has 0 unspecified atom stereocenters. The summed E-state index contributed by atoms with van der Waals surface area (Å²) in [7, 11) is 0. The van der Waals surface area contributed by atoms with Crippen molar-refractivity contribution in [1.82, 2.24) is 4.98 Å². The molecule has 0 atom stereocenters. The molecule has 8 heteroatoms. The van der Waals surface area contributed by atoms with Crippen molar-refractivity contribution in [1.29, 1.82) is 0 Å². The van der Waals surface area contributed by atoms with Crippen LogP contribution in [0.25, 0.3) is 0 Å². The number of carbonyl (C=O) groups excluding carboxylic acids is 1. The van der Waals surface area contributed by atoms with Crippen LogP contribution in [0.15, 0.2) is 23.6 Å². The lowest BCUT2D eigenvalue weighted by molar-refractivity contribution is -0.137. The zero-order chi connectivity index (χ0) is 20.9. The third-order valence-electron chi connectivity index (χ3n) is 4.97. The summed E-state index contributed by atoms with van der Waals surface area (Å²) in [5.41, 5.74) is -0.136. The molecular weight excluding hydrogens is 403 g/mol. The summed E-state index contributed by atoms with van der Waals surface area (Å²) < 4.78 is 50.4. The molecule has 29 heavy (non-hydrogen) atoms. The Hall–Kier alpha value is -2.09. The van der Waals surface area contributed by atoms with E-state index in [9.17, 15) is 18.0 Å². The molecule has 1 aromatic heterocycles. The highest BCUT2D eigenvalue weighted by Gasteiger charge is 2.31. The molecule has 1 aliphatic rings. The van der Waals surface area contributed by atoms with Crippen molar-refractivity contribution >= 4 is 17.3 Å². The van der Waals surface area contributed by atoms with Crippen LogP contribution in [0, 0.1) is 5.92 Å². The van der Waals surface area contributed by atoms with Crippen molar-refractivity contribution in [2.24, 2.45) is 5.92 Å². The van der Waals surface area contributed by atoms with Gasteiger partial charge in [-0.3, -0.25) is 0 Å². The maximum atomic E-state index is 13.2. The van der Waals surface area contributed by atoms with Crippen LogP contribution < -0.4 is 4.74 Å². The van der Waals surface area contributed by atoms with Crippen LogP contribution in [-0.2, 0) is 17.3 Å². The molecule has 0 saturated heterocycles. The average molecular weight is 427 g/mol. The highest BCUT2D eigenvalue weighted by atomic mass is 32.1. The Balaban J connectivity index is 1.79. The van der Waals surface area contributed by atoms with E-state index in [1.807, 2.05) is 0 Å². The van der Waals surface area contributed by atoms with Gasteiger partial charge in [0, 0.05) is 17.4 Å². The molecule has 1 aromatic carbocycles. The summed E-state index contributed by atoms with van der Waals surface area (Å²) in [6.07, 6.45) is 1.47. The molecule has 1 fully saturated rings. The van der Waals surface area contributed by atoms with Crippen LogP contribution in [0.5, 0.6) is 5.75 Å². The summed E-state index contributed by atoms with van der Waals surface area (Å²) in [4.78, 5) is 16.0. The van der Waals surface area contributed by atoms with E-state index in [0.717, 1.165) is 25.0 Å². The first-order valence-electron chi connectivity index (χ1n) is 9.81. The zero-order valence-corrected chi connectivity index (χ0v) is 17.1. The second kappa shape index (κ2) is 9.61. The molecule has 1 heterocycles. The summed E-state index contributed by atoms with van der Waals surface area (Å²) in [6.45, 7) is 2.44. The second-order valence-electron chi connectivity index (χ2n) is 7.16. The quantitative estimate of drug-likeness (QED) is 0.517. The summed E-state index contributed by atoms with van der Waals surface area (Å²) in [5, 5.41) is 2.10. The van der Waals surface area contributed by atoms with Crippen molar-refractivity contribution in [3.8, 4) is 5.75 Å². The summed E-state index contributed by atoms with van der Waals surface area (Å²) in [5.74, 6) is 0.346. The lowest BCUT2D eigenvalue weighted by atomic mass is 9.90. The van der Waals surface area contributed by atoms with Crippen LogP contribution in [0.2, 0.25) is 0 Å². The third-order valence-corrected chi connectivity index (χ3v) is 5.81. The number of rotatable bonds is 7. The fraction of sp³-hybridized carbons (Fsp3) is 0.524. The first kappa shape index (κ1) is 21.6. The molecule has 4 nitrogen and oxygen atoms in total. The van der Waals surface area contributed by atoms with E-state index in [0.29, 0.717) is 28.8 Å². The van der Waals surface area contributed by atoms with Crippen LogP contribution in [0.4, 0.5) is 13.2 Å². The molecule has 0 spiro atoms. The Kier molecular flexibility index (Phi) is 7.16. The Morgan fingerprint density at radius 3 is 2.69 bits per heavy atom. The molecular formula is C21H24F3NO3S. The van der Waals surface area contributed by atoms with E-state index in [-0.39, 0.29) is 18.7 Å². The highest BCUT2D eigenvalue weighted by Crippen LogP contribution is 2.34. The van der Waals surface area contributed by atoms with Gasteiger partial charge in [-0.05, 0) is 43.9 Å². The Bertz CT molecular complexity index is 829. The van der Waals surface area contributed by atoms with Crippen LogP contribution in [0.1, 0.15) is 65.7 Å². The van der Waals surface area contributed by atoms with Gasteiger partial charge in [-0.25, -0.2) is 9.78 Å². The minimum Gasteiger partial charge on any atom is -0.493 e. The van der Waals surface area contributed by atoms with Gasteiger partial charge in [0.1, 0.15) is 5.75 Å². The zero-order valence-electron chi connectivity index (χ0n) is 16.3. The van der Waals surface area contributed by atoms with Gasteiger partial charge in [0.15, 0.2) is 5.69 Å². The van der Waals surface area contributed by atoms with Gasteiger partial charge in [0.2, 0.25) is 0 Å². The van der Waals surface area contributed by atoms with E-state index in [1.165, 1.54) is 36.7 Å². The Morgan fingerprint density at radius 2 is 2.00 bits per heavy atom. The number of alkyl halides is 3. The van der Waals surface area contributed by atoms with E-state index in [4.69, 9.17) is 9.47 Å². The lowest BCUT2D eigenvalue weighted by Gasteiger charge is -2.22. The van der Waals surface area contributed by atoms with Crippen LogP contribution in [-0.4, -0.2) is 24.2 Å². The number of halogens is 3. The van der Waals surface area contributed by atoms with Gasteiger partial charge in [-0.2, -0.15) is 13.2 Å². The largest absolute Gasteiger partial charge is 0.493 e. The summed E-state index contributed by atoms with van der Waals surface area (Å²) in [6, 6.07) is 3.55. The number of benzene rings is 1. The molecule has 3 rings (SSSR count). The molecule has 1 aliphatic carbocycles. The number of ether oxygens (including phenoxy) is 2. The standard InChI is InChI=1S/C21H24F3NO3S/c1-2-27-20(26)17-13-29-19(25-17)11-15-10-16(21(22,23)24)8-9-18(15)28-12-14-6-4-3-5-7-14/h8-10,13-14H,2-7,11-12H2,1H3. The van der Waals surface area contributed by atoms with Crippen molar-refractivity contribution in [3.05, 3.63) is 45.4 Å². The summed E-state index contributed by atoms with van der Waals surface area (Å²) >= 11 is 1.22. The number of nitrogens with zero attached hydrogens (tertiary/aromatic N) is 1. The predicted molar refractivity (Wildman–Crippen MR) is 104 cm³/mol. The molecule has 0 bridgehead atoms. The van der Waals surface area contributed by atoms with E-state index in [1.54, 1.807) is 12.3 Å². The van der Waals surface area contributed by atoms with Crippen LogP contribution in [0.3, 0.4) is 0 Å². The molecule has 0 radical (unpaired) electrons. The van der Waals surface area contributed by atoms with Gasteiger partial charge >= 0.3 is 12.1 Å². The molecule has 0 N–H and O–H groups in total. The fourth-order valence-corrected chi connectivity index (χ4v) is 4.24. The minimum atomic E-state index is -4.43. The monoisotopic (exact) mass is 427 g/mol. The van der Waals surface area contributed by atoms with E-state index in [2.05, 4.69) is 4.98 Å². The van der Waals surface area contributed by atoms with Gasteiger partial charge in [-0.1, -0.05) is 19.3 Å². The van der Waals surface area contributed by atoms with Crippen molar-refractivity contribution < 1.29 is 27.4 Å². The Morgan fingerprint density at radius 1 is 1.24 bits per heavy atom. The van der Waals surface area contributed by atoms with Gasteiger partial charge in [0.25, 0.3) is 0 Å². The first-order chi connectivity index (χ1) is 13.9. The smallest absolute Gasteiger partial charge is 0.416 e. The number of hydrogen-bond acceptors (Lipinski definition) is 5. The first-order valence-corrected chi connectivity index (χ1v) is 10.7. The SMILES string of the molecule is CCOC(=O)c1csc(Cc2cc(C(F)(F)F)ccc2OCC2CCCCC2)n1. The molecule has 0 aliphatic heterocycles. The number of carbonyl (C=O) groups is 1. The van der Waals surface area contributed by atoms with Gasteiger partial charge in [-0.15, -0.1) is 11.3 Å². The molecule has 1 saturated carbocycles. The van der Waals surface area contributed by atoms with Gasteiger partial charge in [0.05, 0.1) is 23.8 Å². The Labute approximate surface area is 172 Å². The maximum Gasteiger partial charge on any atom is 0.416 e. The highest BCUT2D eigenvalue weighted by molar-refractivity contribution is 7.09. The molecule has 158 valence electrons. The molecule has 2 aromatic rings. The number of hydrogen-bond donors (Lipinski definition) is 0. The van der Waals surface area contributed by atoms with E-state index >= 15 is 0 Å². The van der Waals surface area contributed by atoms with Crippen LogP contribution >= 0.6 is 11.3 Å². The maximum absolute atomic E-state index is 13.2. The van der Waals surface area contributed by atoms with E-state index < -0.39 is 17.7 Å². The van der Waals surface area contributed by atoms with Crippen molar-refractivity contribution in [2.75, 3.05) is 13.2 Å². The number of esters is 1. The molecule has 0 amide bonds. The number of aromatic nitrogens is 1. The third kappa shape index (κ3) is 5.95. The van der Waals surface area contributed by atoms with Crippen molar-refractivity contribution in [3.63, 3.8) is 0 Å². The normalized spacial score (nSPS) is 15.3. The second-order valence-corrected chi connectivity index (χ2v) is 8.10. The average Bonchev–Trinajstić information content (AvgIpc) is 3.16. The predicted octanol–water partition coefficient (Wildman–Crippen LogP) is 5.89. The lowest BCUT2D eigenvalue weighted by Crippen LogP contribution is -2.16. The number of thiazole rings is 1. The van der Waals surface area contributed by atoms with Gasteiger partial charge < -0.3 is 9.47 Å². The topological polar surface area (TPSA) is 48.4 Å². The fourth-order valence-electron chi connectivity index (χ4n) is 3.45. The minimum absolute atomic E-state index is 0.161.